The molecule has 108 valence electrons. The molecule has 0 aliphatic rings. The summed E-state index contributed by atoms with van der Waals surface area (Å²) in [5, 5.41) is 3.68. The van der Waals surface area contributed by atoms with E-state index in [1.807, 2.05) is 11.3 Å². The first kappa shape index (κ1) is 16.2. The predicted molar refractivity (Wildman–Crippen MR) is 95.8 cm³/mol. The van der Waals surface area contributed by atoms with E-state index in [0.717, 1.165) is 21.9 Å². The summed E-state index contributed by atoms with van der Waals surface area (Å²) in [4.78, 5) is 2.76. The number of halogens is 2. The minimum atomic E-state index is 0.242. The first-order chi connectivity index (χ1) is 9.52. The van der Waals surface area contributed by atoms with Gasteiger partial charge in [0.1, 0.15) is 0 Å². The van der Waals surface area contributed by atoms with E-state index in [9.17, 15) is 0 Å². The van der Waals surface area contributed by atoms with Crippen LogP contribution in [0.15, 0.2) is 33.2 Å². The summed E-state index contributed by atoms with van der Waals surface area (Å²) < 4.78 is 2.26. The Labute approximate surface area is 142 Å². The summed E-state index contributed by atoms with van der Waals surface area (Å²) in [7, 11) is 0. The molecule has 0 bridgehead atoms. The minimum absolute atomic E-state index is 0.242. The molecule has 2 aromatic rings. The average molecular weight is 417 g/mol. The van der Waals surface area contributed by atoms with E-state index in [-0.39, 0.29) is 6.04 Å². The van der Waals surface area contributed by atoms with Crippen LogP contribution < -0.4 is 5.32 Å². The third kappa shape index (κ3) is 3.73. The van der Waals surface area contributed by atoms with Crippen molar-refractivity contribution in [3.8, 4) is 0 Å². The molecule has 1 nitrogen and oxygen atoms in total. The van der Waals surface area contributed by atoms with Crippen molar-refractivity contribution in [2.24, 2.45) is 0 Å². The molecule has 0 amide bonds. The number of nitrogens with one attached hydrogen (secondary N) is 1. The maximum atomic E-state index is 3.69. The Morgan fingerprint density at radius 1 is 1.15 bits per heavy atom. The standard InChI is InChI=1S/C16H19Br2NS/c1-4-7-19-16(13-8-10(2)20-11(13)3)14-9-12(17)5-6-15(14)18/h5-6,8-9,16,19H,4,7H2,1-3H3. The van der Waals surface area contributed by atoms with Gasteiger partial charge in [0.2, 0.25) is 0 Å². The van der Waals surface area contributed by atoms with Crippen LogP contribution in [-0.2, 0) is 0 Å². The highest BCUT2D eigenvalue weighted by atomic mass is 79.9. The molecule has 1 atom stereocenters. The Morgan fingerprint density at radius 3 is 2.50 bits per heavy atom. The quantitative estimate of drug-likeness (QED) is 0.632. The molecule has 0 saturated heterocycles. The number of thiophene rings is 1. The van der Waals surface area contributed by atoms with Crippen molar-refractivity contribution < 1.29 is 0 Å². The highest BCUT2D eigenvalue weighted by Crippen LogP contribution is 2.35. The van der Waals surface area contributed by atoms with Crippen LogP contribution >= 0.6 is 43.2 Å². The van der Waals surface area contributed by atoms with Gasteiger partial charge in [0.25, 0.3) is 0 Å². The zero-order valence-corrected chi connectivity index (χ0v) is 16.0. The maximum Gasteiger partial charge on any atom is 0.0599 e. The summed E-state index contributed by atoms with van der Waals surface area (Å²) in [6.07, 6.45) is 1.13. The second-order valence-corrected chi connectivity index (χ2v) is 8.15. The van der Waals surface area contributed by atoms with Crippen LogP contribution in [0.25, 0.3) is 0 Å². The Morgan fingerprint density at radius 2 is 1.90 bits per heavy atom. The number of hydrogen-bond donors (Lipinski definition) is 1. The van der Waals surface area contributed by atoms with Crippen molar-refractivity contribution in [2.75, 3.05) is 6.54 Å². The molecule has 1 unspecified atom stereocenters. The zero-order chi connectivity index (χ0) is 14.7. The van der Waals surface area contributed by atoms with Crippen molar-refractivity contribution in [2.45, 2.75) is 33.2 Å². The van der Waals surface area contributed by atoms with Crippen molar-refractivity contribution in [3.05, 3.63) is 54.1 Å². The Bertz CT molecular complexity index is 592. The number of hydrogen-bond acceptors (Lipinski definition) is 2. The van der Waals surface area contributed by atoms with Crippen LogP contribution in [0.1, 0.15) is 40.3 Å². The van der Waals surface area contributed by atoms with Crippen LogP contribution in [0.5, 0.6) is 0 Å². The molecule has 0 aliphatic heterocycles. The molecule has 4 heteroatoms. The molecule has 1 aromatic heterocycles. The first-order valence-corrected chi connectivity index (χ1v) is 9.18. The van der Waals surface area contributed by atoms with E-state index >= 15 is 0 Å². The fraction of sp³-hybridized carbons (Fsp3) is 0.375. The largest absolute Gasteiger partial charge is 0.306 e. The molecule has 0 fully saturated rings. The Hall–Kier alpha value is -0.160. The van der Waals surface area contributed by atoms with Gasteiger partial charge in [-0.1, -0.05) is 38.8 Å². The van der Waals surface area contributed by atoms with Gasteiger partial charge < -0.3 is 5.32 Å². The summed E-state index contributed by atoms with van der Waals surface area (Å²) in [6, 6.07) is 8.92. The van der Waals surface area contributed by atoms with Crippen LogP contribution in [0, 0.1) is 13.8 Å². The third-order valence-corrected chi connectivity index (χ3v) is 5.46. The lowest BCUT2D eigenvalue weighted by Crippen LogP contribution is -2.23. The van der Waals surface area contributed by atoms with E-state index in [1.165, 1.54) is 20.9 Å². The Balaban J connectivity index is 2.46. The number of aryl methyl sites for hydroxylation is 2. The highest BCUT2D eigenvalue weighted by molar-refractivity contribution is 9.11. The fourth-order valence-corrected chi connectivity index (χ4v) is 4.17. The van der Waals surface area contributed by atoms with Gasteiger partial charge in [-0.25, -0.2) is 0 Å². The van der Waals surface area contributed by atoms with Crippen LogP contribution in [0.3, 0.4) is 0 Å². The molecule has 1 aromatic carbocycles. The van der Waals surface area contributed by atoms with Crippen LogP contribution in [0.4, 0.5) is 0 Å². The highest BCUT2D eigenvalue weighted by Gasteiger charge is 2.20. The lowest BCUT2D eigenvalue weighted by atomic mass is 9.99. The van der Waals surface area contributed by atoms with Gasteiger partial charge in [0.15, 0.2) is 0 Å². The predicted octanol–water partition coefficient (Wildman–Crippen LogP) is 5.98. The molecule has 0 radical (unpaired) electrons. The second-order valence-electron chi connectivity index (χ2n) is 4.92. The van der Waals surface area contributed by atoms with Crippen molar-refractivity contribution >= 4 is 43.2 Å². The number of rotatable bonds is 5. The lowest BCUT2D eigenvalue weighted by Gasteiger charge is -2.21. The summed E-state index contributed by atoms with van der Waals surface area (Å²) >= 11 is 9.15. The van der Waals surface area contributed by atoms with Gasteiger partial charge in [-0.2, -0.15) is 0 Å². The van der Waals surface area contributed by atoms with Gasteiger partial charge in [0.05, 0.1) is 6.04 Å². The fourth-order valence-electron chi connectivity index (χ4n) is 2.35. The molecule has 2 rings (SSSR count). The van der Waals surface area contributed by atoms with Gasteiger partial charge in [-0.05, 0) is 62.2 Å². The molecule has 0 spiro atoms. The van der Waals surface area contributed by atoms with Gasteiger partial charge in [0, 0.05) is 18.7 Å². The molecule has 1 N–H and O–H groups in total. The van der Waals surface area contributed by atoms with Crippen molar-refractivity contribution in [1.29, 1.82) is 0 Å². The second kappa shape index (κ2) is 7.21. The SMILES string of the molecule is CCCNC(c1cc(Br)ccc1Br)c1cc(C)sc1C. The molecule has 1 heterocycles. The third-order valence-electron chi connectivity index (χ3n) is 3.26. The van der Waals surface area contributed by atoms with Gasteiger partial charge >= 0.3 is 0 Å². The van der Waals surface area contributed by atoms with Crippen molar-refractivity contribution in [1.82, 2.24) is 5.32 Å². The van der Waals surface area contributed by atoms with Crippen LogP contribution in [-0.4, -0.2) is 6.54 Å². The summed E-state index contributed by atoms with van der Waals surface area (Å²) in [6.45, 7) is 7.59. The smallest absolute Gasteiger partial charge is 0.0599 e. The van der Waals surface area contributed by atoms with E-state index in [1.54, 1.807) is 0 Å². The van der Waals surface area contributed by atoms with E-state index < -0.39 is 0 Å². The molecule has 0 saturated carbocycles. The van der Waals surface area contributed by atoms with Crippen molar-refractivity contribution in [3.63, 3.8) is 0 Å². The normalized spacial score (nSPS) is 12.7. The maximum absolute atomic E-state index is 3.69. The van der Waals surface area contributed by atoms with Crippen LogP contribution in [0.2, 0.25) is 0 Å². The van der Waals surface area contributed by atoms with E-state index in [2.05, 4.69) is 82.2 Å². The minimum Gasteiger partial charge on any atom is -0.306 e. The van der Waals surface area contributed by atoms with Gasteiger partial charge in [-0.15, -0.1) is 11.3 Å². The summed E-state index contributed by atoms with van der Waals surface area (Å²) in [5.74, 6) is 0. The molecule has 20 heavy (non-hydrogen) atoms. The average Bonchev–Trinajstić information content (AvgIpc) is 2.73. The monoisotopic (exact) mass is 415 g/mol. The topological polar surface area (TPSA) is 12.0 Å². The number of benzene rings is 1. The molecule has 0 aliphatic carbocycles. The molecular formula is C16H19Br2NS. The Kier molecular flexibility index (Phi) is 5.84. The summed E-state index contributed by atoms with van der Waals surface area (Å²) in [5.41, 5.74) is 2.67. The van der Waals surface area contributed by atoms with E-state index in [0.29, 0.717) is 0 Å². The van der Waals surface area contributed by atoms with E-state index in [4.69, 9.17) is 0 Å². The lowest BCUT2D eigenvalue weighted by molar-refractivity contribution is 0.596. The van der Waals surface area contributed by atoms with Gasteiger partial charge in [-0.3, -0.25) is 0 Å². The first-order valence-electron chi connectivity index (χ1n) is 6.78. The molecular weight excluding hydrogens is 398 g/mol. The zero-order valence-electron chi connectivity index (χ0n) is 12.0.